The molecule has 3 amide bonds. The molecule has 2 atom stereocenters. The van der Waals surface area contributed by atoms with Crippen LogP contribution in [0.4, 0.5) is 8.78 Å². The third-order valence-electron chi connectivity index (χ3n) is 6.61. The van der Waals surface area contributed by atoms with Gasteiger partial charge in [0.15, 0.2) is 5.82 Å². The molecule has 33 heavy (non-hydrogen) atoms. The van der Waals surface area contributed by atoms with E-state index in [1.54, 1.807) is 30.5 Å². The standard InChI is InChI=1S/C24H24F2N4O3/c25-17-2-1-9-29(13-17)11-15-7-8-27-22(21(15)26)14-3-4-18-16(10-14)12-30(24(18)33)19-5-6-20(31)28-23(19)32/h3-4,7-8,10,17,19H,1-2,5-6,9,11-13H2,(H,28,31,32). The normalized spacial score (nSPS) is 23.6. The molecule has 0 saturated carbocycles. The molecule has 3 aliphatic rings. The number of nitrogens with one attached hydrogen (secondary N) is 1. The van der Waals surface area contributed by atoms with E-state index >= 15 is 4.39 Å². The van der Waals surface area contributed by atoms with Crippen molar-refractivity contribution in [2.75, 3.05) is 13.1 Å². The number of amides is 3. The Kier molecular flexibility index (Phi) is 5.65. The predicted molar refractivity (Wildman–Crippen MR) is 115 cm³/mol. The number of likely N-dealkylation sites (tertiary alicyclic amines) is 1. The summed E-state index contributed by atoms with van der Waals surface area (Å²) in [6, 6.07) is 5.92. The van der Waals surface area contributed by atoms with E-state index in [9.17, 15) is 18.8 Å². The van der Waals surface area contributed by atoms with Crippen LogP contribution in [0.3, 0.4) is 0 Å². The summed E-state index contributed by atoms with van der Waals surface area (Å²) in [5.74, 6) is -1.54. The highest BCUT2D eigenvalue weighted by Crippen LogP contribution is 2.32. The van der Waals surface area contributed by atoms with Gasteiger partial charge in [-0.25, -0.2) is 8.78 Å². The number of hydrogen-bond acceptors (Lipinski definition) is 5. The van der Waals surface area contributed by atoms with E-state index in [0.717, 1.165) is 13.0 Å². The first-order valence-electron chi connectivity index (χ1n) is 11.2. The average Bonchev–Trinajstić information content (AvgIpc) is 3.11. The van der Waals surface area contributed by atoms with Crippen LogP contribution in [0.2, 0.25) is 0 Å². The third kappa shape index (κ3) is 4.13. The number of nitrogens with zero attached hydrogens (tertiary/aromatic N) is 3. The van der Waals surface area contributed by atoms with Crippen molar-refractivity contribution in [3.63, 3.8) is 0 Å². The second-order valence-corrected chi connectivity index (χ2v) is 8.88. The minimum Gasteiger partial charge on any atom is -0.322 e. The van der Waals surface area contributed by atoms with Crippen molar-refractivity contribution in [3.8, 4) is 11.3 Å². The predicted octanol–water partition coefficient (Wildman–Crippen LogP) is 2.58. The summed E-state index contributed by atoms with van der Waals surface area (Å²) in [6.07, 6.45) is 2.42. The Morgan fingerprint density at radius 2 is 2.00 bits per heavy atom. The summed E-state index contributed by atoms with van der Waals surface area (Å²) in [4.78, 5) is 44.1. The summed E-state index contributed by atoms with van der Waals surface area (Å²) in [6.45, 7) is 1.55. The van der Waals surface area contributed by atoms with Crippen LogP contribution in [0, 0.1) is 5.82 Å². The zero-order chi connectivity index (χ0) is 23.1. The first-order chi connectivity index (χ1) is 15.9. The highest BCUT2D eigenvalue weighted by Gasteiger charge is 2.39. The highest BCUT2D eigenvalue weighted by atomic mass is 19.1. The Morgan fingerprint density at radius 3 is 2.79 bits per heavy atom. The minimum absolute atomic E-state index is 0.177. The van der Waals surface area contributed by atoms with Crippen LogP contribution in [-0.2, 0) is 22.7 Å². The lowest BCUT2D eigenvalue weighted by Gasteiger charge is -2.29. The van der Waals surface area contributed by atoms with Crippen LogP contribution in [0.25, 0.3) is 11.3 Å². The SMILES string of the molecule is O=C1CCC(N2Cc3cc(-c4nccc(CN5CCCC(F)C5)c4F)ccc3C2=O)C(=O)N1. The van der Waals surface area contributed by atoms with E-state index < -0.39 is 23.9 Å². The van der Waals surface area contributed by atoms with Gasteiger partial charge < -0.3 is 4.90 Å². The zero-order valence-corrected chi connectivity index (χ0v) is 18.0. The third-order valence-corrected chi connectivity index (χ3v) is 6.61. The quantitative estimate of drug-likeness (QED) is 0.719. The lowest BCUT2D eigenvalue weighted by atomic mass is 10.0. The number of fused-ring (bicyclic) bond motifs is 1. The number of piperidine rings is 2. The van der Waals surface area contributed by atoms with Crippen molar-refractivity contribution in [2.45, 2.75) is 51.0 Å². The monoisotopic (exact) mass is 454 g/mol. The molecule has 1 N–H and O–H groups in total. The molecule has 2 aromatic rings. The summed E-state index contributed by atoms with van der Waals surface area (Å²) in [7, 11) is 0. The number of hydrogen-bond donors (Lipinski definition) is 1. The number of pyridine rings is 1. The van der Waals surface area contributed by atoms with Gasteiger partial charge in [-0.1, -0.05) is 6.07 Å². The molecule has 4 heterocycles. The van der Waals surface area contributed by atoms with E-state index in [2.05, 4.69) is 10.3 Å². The molecule has 7 nitrogen and oxygen atoms in total. The van der Waals surface area contributed by atoms with E-state index in [4.69, 9.17) is 0 Å². The van der Waals surface area contributed by atoms with Crippen molar-refractivity contribution in [1.82, 2.24) is 20.1 Å². The van der Waals surface area contributed by atoms with Gasteiger partial charge >= 0.3 is 0 Å². The summed E-state index contributed by atoms with van der Waals surface area (Å²) >= 11 is 0. The van der Waals surface area contributed by atoms with E-state index in [1.165, 1.54) is 4.90 Å². The molecule has 5 rings (SSSR count). The Labute approximate surface area is 189 Å². The Balaban J connectivity index is 1.38. The molecular formula is C24H24F2N4O3. The van der Waals surface area contributed by atoms with Gasteiger partial charge in [-0.2, -0.15) is 0 Å². The van der Waals surface area contributed by atoms with E-state index in [-0.39, 0.29) is 36.9 Å². The molecule has 2 fully saturated rings. The molecule has 2 unspecified atom stereocenters. The number of carbonyl (C=O) groups excluding carboxylic acids is 3. The second kappa shape index (κ2) is 8.62. The number of alkyl halides is 1. The molecule has 1 aromatic carbocycles. The lowest BCUT2D eigenvalue weighted by molar-refractivity contribution is -0.136. The Hall–Kier alpha value is -3.20. The summed E-state index contributed by atoms with van der Waals surface area (Å²) in [5.41, 5.74) is 2.31. The van der Waals surface area contributed by atoms with Crippen molar-refractivity contribution in [2.24, 2.45) is 0 Å². The number of carbonyl (C=O) groups is 3. The van der Waals surface area contributed by atoms with Crippen LogP contribution < -0.4 is 5.32 Å². The topological polar surface area (TPSA) is 82.6 Å². The fourth-order valence-electron chi connectivity index (χ4n) is 4.91. The molecular weight excluding hydrogens is 430 g/mol. The van der Waals surface area contributed by atoms with E-state index in [1.807, 2.05) is 4.90 Å². The summed E-state index contributed by atoms with van der Waals surface area (Å²) in [5, 5.41) is 2.28. The minimum atomic E-state index is -0.885. The van der Waals surface area contributed by atoms with Crippen LogP contribution >= 0.6 is 0 Å². The molecule has 0 bridgehead atoms. The molecule has 9 heteroatoms. The van der Waals surface area contributed by atoms with Crippen molar-refractivity contribution >= 4 is 17.7 Å². The zero-order valence-electron chi connectivity index (χ0n) is 18.0. The average molecular weight is 454 g/mol. The van der Waals surface area contributed by atoms with Gasteiger partial charge in [0.1, 0.15) is 17.9 Å². The molecule has 3 aliphatic heterocycles. The number of imide groups is 1. The van der Waals surface area contributed by atoms with Gasteiger partial charge in [-0.3, -0.25) is 29.6 Å². The smallest absolute Gasteiger partial charge is 0.255 e. The maximum absolute atomic E-state index is 15.3. The number of rotatable bonds is 4. The molecule has 172 valence electrons. The number of benzene rings is 1. The maximum Gasteiger partial charge on any atom is 0.255 e. The van der Waals surface area contributed by atoms with Crippen LogP contribution in [0.5, 0.6) is 0 Å². The van der Waals surface area contributed by atoms with Crippen LogP contribution in [-0.4, -0.2) is 57.8 Å². The molecule has 2 saturated heterocycles. The van der Waals surface area contributed by atoms with Crippen molar-refractivity contribution < 1.29 is 23.2 Å². The van der Waals surface area contributed by atoms with Crippen molar-refractivity contribution in [3.05, 3.63) is 53.0 Å². The second-order valence-electron chi connectivity index (χ2n) is 8.88. The maximum atomic E-state index is 15.3. The highest BCUT2D eigenvalue weighted by molar-refractivity contribution is 6.05. The van der Waals surface area contributed by atoms with Gasteiger partial charge in [-0.05, 0) is 49.6 Å². The van der Waals surface area contributed by atoms with Crippen LogP contribution in [0.1, 0.15) is 47.2 Å². The van der Waals surface area contributed by atoms with Crippen LogP contribution in [0.15, 0.2) is 30.5 Å². The van der Waals surface area contributed by atoms with Gasteiger partial charge in [-0.15, -0.1) is 0 Å². The molecule has 0 aliphatic carbocycles. The van der Waals surface area contributed by atoms with Gasteiger partial charge in [0.05, 0.1) is 0 Å². The Morgan fingerprint density at radius 1 is 1.15 bits per heavy atom. The van der Waals surface area contributed by atoms with Crippen molar-refractivity contribution in [1.29, 1.82) is 0 Å². The largest absolute Gasteiger partial charge is 0.322 e. The molecule has 1 aromatic heterocycles. The first-order valence-corrected chi connectivity index (χ1v) is 11.2. The molecule has 0 spiro atoms. The first kappa shape index (κ1) is 21.6. The van der Waals surface area contributed by atoms with Gasteiger partial charge in [0.2, 0.25) is 11.8 Å². The lowest BCUT2D eigenvalue weighted by Crippen LogP contribution is -2.52. The fraction of sp³-hybridized carbons (Fsp3) is 0.417. The number of aromatic nitrogens is 1. The fourth-order valence-corrected chi connectivity index (χ4v) is 4.91. The van der Waals surface area contributed by atoms with E-state index in [0.29, 0.717) is 41.8 Å². The van der Waals surface area contributed by atoms with Gasteiger partial charge in [0.25, 0.3) is 5.91 Å². The molecule has 0 radical (unpaired) electrons. The Bertz CT molecular complexity index is 1140. The van der Waals surface area contributed by atoms with Gasteiger partial charge in [0, 0.05) is 48.9 Å². The number of halogens is 2. The summed E-state index contributed by atoms with van der Waals surface area (Å²) < 4.78 is 29.1.